The largest absolute Gasteiger partial charge is 0.358 e. The van der Waals surface area contributed by atoms with Gasteiger partial charge in [0.05, 0.1) is 12.6 Å². The van der Waals surface area contributed by atoms with Gasteiger partial charge >= 0.3 is 0 Å². The molecule has 0 saturated heterocycles. The van der Waals surface area contributed by atoms with Crippen LogP contribution in [-0.2, 0) is 9.59 Å². The fourth-order valence-electron chi connectivity index (χ4n) is 1.27. The Balaban J connectivity index is 4.27. The first kappa shape index (κ1) is 13.9. The minimum absolute atomic E-state index is 0.0866. The van der Waals surface area contributed by atoms with Crippen molar-refractivity contribution in [1.82, 2.24) is 10.2 Å². The van der Waals surface area contributed by atoms with Gasteiger partial charge in [-0.2, -0.15) is 0 Å². The maximum absolute atomic E-state index is 11.7. The Labute approximate surface area is 91.0 Å². The number of nitrogens with one attached hydrogen (secondary N) is 1. The lowest BCUT2D eigenvalue weighted by molar-refractivity contribution is -0.136. The SMILES string of the molecule is CCC[C@@H](N)C(=O)N(CC)CC(=O)NC. The zero-order valence-electron chi connectivity index (χ0n) is 9.75. The Morgan fingerprint density at radius 1 is 1.40 bits per heavy atom. The second-order valence-corrected chi connectivity index (χ2v) is 3.42. The van der Waals surface area contributed by atoms with Crippen LogP contribution in [0.5, 0.6) is 0 Å². The van der Waals surface area contributed by atoms with Crippen molar-refractivity contribution in [2.75, 3.05) is 20.1 Å². The predicted octanol–water partition coefficient (Wildman–Crippen LogP) is -0.292. The van der Waals surface area contributed by atoms with Gasteiger partial charge in [-0.3, -0.25) is 9.59 Å². The molecule has 1 atom stereocenters. The van der Waals surface area contributed by atoms with Crippen LogP contribution in [0.1, 0.15) is 26.7 Å². The van der Waals surface area contributed by atoms with Crippen LogP contribution >= 0.6 is 0 Å². The molecule has 5 nitrogen and oxygen atoms in total. The fraction of sp³-hybridized carbons (Fsp3) is 0.800. The van der Waals surface area contributed by atoms with Gasteiger partial charge in [0.2, 0.25) is 11.8 Å². The second-order valence-electron chi connectivity index (χ2n) is 3.42. The highest BCUT2D eigenvalue weighted by atomic mass is 16.2. The molecule has 0 aliphatic rings. The van der Waals surface area contributed by atoms with Crippen LogP contribution in [0.25, 0.3) is 0 Å². The van der Waals surface area contributed by atoms with Crippen LogP contribution in [-0.4, -0.2) is 42.9 Å². The van der Waals surface area contributed by atoms with Crippen LogP contribution in [0.3, 0.4) is 0 Å². The number of nitrogens with two attached hydrogens (primary N) is 1. The molecule has 0 aliphatic heterocycles. The number of carbonyl (C=O) groups excluding carboxylic acids is 2. The Kier molecular flexibility index (Phi) is 6.70. The van der Waals surface area contributed by atoms with Gasteiger partial charge < -0.3 is 16.0 Å². The molecule has 0 aromatic rings. The summed E-state index contributed by atoms with van der Waals surface area (Å²) >= 11 is 0. The van der Waals surface area contributed by atoms with Crippen molar-refractivity contribution in [2.45, 2.75) is 32.7 Å². The van der Waals surface area contributed by atoms with Crippen LogP contribution in [0.4, 0.5) is 0 Å². The molecule has 0 bridgehead atoms. The summed E-state index contributed by atoms with van der Waals surface area (Å²) in [5.74, 6) is -0.322. The number of hydrogen-bond donors (Lipinski definition) is 2. The average Bonchev–Trinajstić information content (AvgIpc) is 2.24. The summed E-state index contributed by atoms with van der Waals surface area (Å²) < 4.78 is 0. The van der Waals surface area contributed by atoms with E-state index in [9.17, 15) is 9.59 Å². The molecule has 0 rings (SSSR count). The summed E-state index contributed by atoms with van der Waals surface area (Å²) in [5, 5.41) is 2.48. The van der Waals surface area contributed by atoms with Crippen LogP contribution < -0.4 is 11.1 Å². The van der Waals surface area contributed by atoms with Crippen molar-refractivity contribution >= 4 is 11.8 Å². The van der Waals surface area contributed by atoms with Gasteiger partial charge in [-0.15, -0.1) is 0 Å². The van der Waals surface area contributed by atoms with Gasteiger partial charge in [-0.1, -0.05) is 13.3 Å². The zero-order chi connectivity index (χ0) is 11.8. The lowest BCUT2D eigenvalue weighted by Crippen LogP contribution is -2.47. The highest BCUT2D eigenvalue weighted by Gasteiger charge is 2.20. The number of likely N-dealkylation sites (N-methyl/N-ethyl adjacent to an activating group) is 2. The van der Waals surface area contributed by atoms with Gasteiger partial charge in [-0.25, -0.2) is 0 Å². The van der Waals surface area contributed by atoms with E-state index in [0.717, 1.165) is 6.42 Å². The summed E-state index contributed by atoms with van der Waals surface area (Å²) in [4.78, 5) is 24.3. The van der Waals surface area contributed by atoms with E-state index in [0.29, 0.717) is 13.0 Å². The van der Waals surface area contributed by atoms with E-state index in [-0.39, 0.29) is 18.4 Å². The molecule has 0 saturated carbocycles. The molecule has 0 unspecified atom stereocenters. The molecule has 0 aliphatic carbocycles. The van der Waals surface area contributed by atoms with E-state index >= 15 is 0 Å². The Morgan fingerprint density at radius 3 is 2.40 bits per heavy atom. The van der Waals surface area contributed by atoms with Crippen LogP contribution in [0.15, 0.2) is 0 Å². The van der Waals surface area contributed by atoms with Crippen molar-refractivity contribution in [3.8, 4) is 0 Å². The molecular formula is C10H21N3O2. The molecule has 5 heteroatoms. The van der Waals surface area contributed by atoms with E-state index < -0.39 is 6.04 Å². The standard InChI is InChI=1S/C10H21N3O2/c1-4-6-8(11)10(15)13(5-2)7-9(14)12-3/h8H,4-7,11H2,1-3H3,(H,12,14)/t8-/m1/s1. The molecule has 0 fully saturated rings. The van der Waals surface area contributed by atoms with Crippen molar-refractivity contribution in [3.63, 3.8) is 0 Å². The van der Waals surface area contributed by atoms with Gasteiger partial charge in [0.1, 0.15) is 0 Å². The number of nitrogens with zero attached hydrogens (tertiary/aromatic N) is 1. The summed E-state index contributed by atoms with van der Waals surface area (Å²) in [6, 6.07) is -0.486. The predicted molar refractivity (Wildman–Crippen MR) is 59.2 cm³/mol. The summed E-state index contributed by atoms with van der Waals surface area (Å²) in [6.45, 7) is 4.40. The fourth-order valence-corrected chi connectivity index (χ4v) is 1.27. The van der Waals surface area contributed by atoms with Crippen molar-refractivity contribution in [1.29, 1.82) is 0 Å². The molecule has 0 radical (unpaired) electrons. The van der Waals surface area contributed by atoms with Gasteiger partial charge in [0.25, 0.3) is 0 Å². The number of rotatable bonds is 6. The average molecular weight is 215 g/mol. The zero-order valence-corrected chi connectivity index (χ0v) is 9.75. The van der Waals surface area contributed by atoms with Gasteiger partial charge in [0, 0.05) is 13.6 Å². The van der Waals surface area contributed by atoms with E-state index in [1.165, 1.54) is 4.90 Å². The quantitative estimate of drug-likeness (QED) is 0.639. The van der Waals surface area contributed by atoms with Crippen LogP contribution in [0.2, 0.25) is 0 Å². The van der Waals surface area contributed by atoms with Gasteiger partial charge in [0.15, 0.2) is 0 Å². The van der Waals surface area contributed by atoms with E-state index in [1.807, 2.05) is 13.8 Å². The number of amides is 2. The topological polar surface area (TPSA) is 75.4 Å². The molecule has 0 spiro atoms. The Hall–Kier alpha value is -1.10. The highest BCUT2D eigenvalue weighted by Crippen LogP contribution is 1.99. The van der Waals surface area contributed by atoms with Gasteiger partial charge in [-0.05, 0) is 13.3 Å². The minimum Gasteiger partial charge on any atom is -0.358 e. The highest BCUT2D eigenvalue weighted by molar-refractivity contribution is 5.87. The maximum Gasteiger partial charge on any atom is 0.239 e. The molecule has 0 aromatic carbocycles. The summed E-state index contributed by atoms with van der Waals surface area (Å²) in [6.07, 6.45) is 1.52. The van der Waals surface area contributed by atoms with Crippen molar-refractivity contribution < 1.29 is 9.59 Å². The van der Waals surface area contributed by atoms with Crippen molar-refractivity contribution in [3.05, 3.63) is 0 Å². The minimum atomic E-state index is -0.486. The molecule has 0 heterocycles. The smallest absolute Gasteiger partial charge is 0.239 e. The third-order valence-corrected chi connectivity index (χ3v) is 2.22. The Morgan fingerprint density at radius 2 is 2.00 bits per heavy atom. The lowest BCUT2D eigenvalue weighted by Gasteiger charge is -2.23. The number of hydrogen-bond acceptors (Lipinski definition) is 3. The first-order valence-corrected chi connectivity index (χ1v) is 5.31. The normalized spacial score (nSPS) is 12.0. The molecule has 15 heavy (non-hydrogen) atoms. The van der Waals surface area contributed by atoms with Crippen LogP contribution in [0, 0.1) is 0 Å². The maximum atomic E-state index is 11.7. The lowest BCUT2D eigenvalue weighted by atomic mass is 10.1. The number of carbonyl (C=O) groups is 2. The Bertz CT molecular complexity index is 219. The van der Waals surface area contributed by atoms with E-state index in [2.05, 4.69) is 5.32 Å². The first-order valence-electron chi connectivity index (χ1n) is 5.31. The summed E-state index contributed by atoms with van der Waals surface area (Å²) in [7, 11) is 1.55. The molecular weight excluding hydrogens is 194 g/mol. The van der Waals surface area contributed by atoms with Crippen molar-refractivity contribution in [2.24, 2.45) is 5.73 Å². The third-order valence-electron chi connectivity index (χ3n) is 2.22. The first-order chi connectivity index (χ1) is 7.06. The van der Waals surface area contributed by atoms with E-state index in [4.69, 9.17) is 5.73 Å². The molecule has 3 N–H and O–H groups in total. The molecule has 0 aromatic heterocycles. The molecule has 88 valence electrons. The summed E-state index contributed by atoms with van der Waals surface area (Å²) in [5.41, 5.74) is 5.70. The monoisotopic (exact) mass is 215 g/mol. The third kappa shape index (κ3) is 4.78. The molecule has 2 amide bonds. The van der Waals surface area contributed by atoms with E-state index in [1.54, 1.807) is 7.05 Å². The second kappa shape index (κ2) is 7.23.